The number of thiazole rings is 1. The maximum absolute atomic E-state index is 5.19. The molecule has 0 fully saturated rings. The highest BCUT2D eigenvalue weighted by atomic mass is 32.1. The second-order valence-corrected chi connectivity index (χ2v) is 4.38. The number of methoxy groups -OCH3 is 1. The number of rotatable bonds is 5. The van der Waals surface area contributed by atoms with Crippen molar-refractivity contribution >= 4 is 16.5 Å². The number of ether oxygens (including phenoxy) is 1. The van der Waals surface area contributed by atoms with E-state index in [1.807, 2.05) is 12.1 Å². The van der Waals surface area contributed by atoms with Crippen LogP contribution in [0, 0.1) is 0 Å². The molecule has 0 atom stereocenters. The van der Waals surface area contributed by atoms with E-state index in [1.54, 1.807) is 24.6 Å². The van der Waals surface area contributed by atoms with Gasteiger partial charge in [0.05, 0.1) is 12.8 Å². The van der Waals surface area contributed by atoms with E-state index in [0.29, 0.717) is 12.4 Å². The van der Waals surface area contributed by atoms with E-state index in [9.17, 15) is 0 Å². The zero-order valence-electron chi connectivity index (χ0n) is 9.93. The van der Waals surface area contributed by atoms with E-state index in [-0.39, 0.29) is 0 Å². The molecule has 90 valence electrons. The normalized spacial score (nSPS) is 10.2. The van der Waals surface area contributed by atoms with Gasteiger partial charge in [0.15, 0.2) is 5.13 Å². The van der Waals surface area contributed by atoms with Crippen LogP contribution in [0.25, 0.3) is 0 Å². The molecule has 0 aliphatic heterocycles. The molecule has 1 N–H and O–H groups in total. The third-order valence-corrected chi connectivity index (χ3v) is 3.24. The third kappa shape index (κ3) is 2.94. The number of hydrogen-bond acceptors (Lipinski definition) is 5. The van der Waals surface area contributed by atoms with Gasteiger partial charge in [-0.2, -0.15) is 0 Å². The summed E-state index contributed by atoms with van der Waals surface area (Å²) in [5, 5.41) is 6.29. The Bertz CT molecular complexity index is 484. The molecular formula is C12H15N3OS. The summed E-state index contributed by atoms with van der Waals surface area (Å²) in [4.78, 5) is 8.60. The van der Waals surface area contributed by atoms with E-state index < -0.39 is 0 Å². The van der Waals surface area contributed by atoms with Crippen molar-refractivity contribution in [3.8, 4) is 5.88 Å². The van der Waals surface area contributed by atoms with Gasteiger partial charge in [-0.15, -0.1) is 11.3 Å². The molecule has 5 heteroatoms. The summed E-state index contributed by atoms with van der Waals surface area (Å²) in [7, 11) is 1.63. The minimum atomic E-state index is 0.660. The topological polar surface area (TPSA) is 47.0 Å². The van der Waals surface area contributed by atoms with Crippen LogP contribution in [0.15, 0.2) is 23.7 Å². The lowest BCUT2D eigenvalue weighted by Gasteiger charge is -2.07. The number of nitrogens with zero attached hydrogens (tertiary/aromatic N) is 2. The van der Waals surface area contributed by atoms with Crippen molar-refractivity contribution in [2.75, 3.05) is 12.4 Å². The first kappa shape index (κ1) is 11.9. The lowest BCUT2D eigenvalue weighted by molar-refractivity contribution is 0.393. The zero-order valence-corrected chi connectivity index (χ0v) is 10.8. The summed E-state index contributed by atoms with van der Waals surface area (Å²) in [5.41, 5.74) is 2.15. The summed E-state index contributed by atoms with van der Waals surface area (Å²) in [6.45, 7) is 2.77. The minimum absolute atomic E-state index is 0.660. The number of anilines is 1. The SMILES string of the molecule is CCc1csc(NCc2cccnc2OC)n1. The van der Waals surface area contributed by atoms with E-state index in [4.69, 9.17) is 4.74 Å². The predicted octanol–water partition coefficient (Wildman–Crippen LogP) is 2.72. The molecule has 0 spiro atoms. The predicted molar refractivity (Wildman–Crippen MR) is 69.6 cm³/mol. The Hall–Kier alpha value is -1.62. The molecule has 2 aromatic rings. The van der Waals surface area contributed by atoms with Crippen molar-refractivity contribution in [2.45, 2.75) is 19.9 Å². The Morgan fingerprint density at radius 2 is 2.35 bits per heavy atom. The van der Waals surface area contributed by atoms with Crippen LogP contribution in [0.2, 0.25) is 0 Å². The van der Waals surface area contributed by atoms with Crippen LogP contribution >= 0.6 is 11.3 Å². The smallest absolute Gasteiger partial charge is 0.218 e. The monoisotopic (exact) mass is 249 g/mol. The second kappa shape index (κ2) is 5.63. The van der Waals surface area contributed by atoms with Crippen molar-refractivity contribution in [2.24, 2.45) is 0 Å². The Morgan fingerprint density at radius 1 is 1.47 bits per heavy atom. The molecular weight excluding hydrogens is 234 g/mol. The lowest BCUT2D eigenvalue weighted by Crippen LogP contribution is -2.02. The van der Waals surface area contributed by atoms with Gasteiger partial charge in [0, 0.05) is 23.7 Å². The van der Waals surface area contributed by atoms with Crippen LogP contribution in [0.1, 0.15) is 18.2 Å². The van der Waals surface area contributed by atoms with Gasteiger partial charge in [0.1, 0.15) is 0 Å². The zero-order chi connectivity index (χ0) is 12.1. The van der Waals surface area contributed by atoms with Gasteiger partial charge in [0.2, 0.25) is 5.88 Å². The fraction of sp³-hybridized carbons (Fsp3) is 0.333. The van der Waals surface area contributed by atoms with Crippen molar-refractivity contribution < 1.29 is 4.74 Å². The standard InChI is InChI=1S/C12H15N3OS/c1-3-10-8-17-12(15-10)14-7-9-5-4-6-13-11(9)16-2/h4-6,8H,3,7H2,1-2H3,(H,14,15). The summed E-state index contributed by atoms with van der Waals surface area (Å²) in [6, 6.07) is 3.89. The van der Waals surface area contributed by atoms with Gasteiger partial charge < -0.3 is 10.1 Å². The van der Waals surface area contributed by atoms with Crippen molar-refractivity contribution in [3.63, 3.8) is 0 Å². The number of nitrogens with one attached hydrogen (secondary N) is 1. The average Bonchev–Trinajstić information content (AvgIpc) is 2.84. The molecule has 0 aliphatic rings. The van der Waals surface area contributed by atoms with Gasteiger partial charge in [0.25, 0.3) is 0 Å². The minimum Gasteiger partial charge on any atom is -0.481 e. The number of pyridine rings is 1. The summed E-state index contributed by atoms with van der Waals surface area (Å²) in [5.74, 6) is 0.660. The summed E-state index contributed by atoms with van der Waals surface area (Å²) in [6.07, 6.45) is 2.69. The van der Waals surface area contributed by atoms with Gasteiger partial charge >= 0.3 is 0 Å². The van der Waals surface area contributed by atoms with Gasteiger partial charge in [-0.25, -0.2) is 9.97 Å². The lowest BCUT2D eigenvalue weighted by atomic mass is 10.3. The highest BCUT2D eigenvalue weighted by Gasteiger charge is 2.04. The van der Waals surface area contributed by atoms with Crippen molar-refractivity contribution in [1.29, 1.82) is 0 Å². The van der Waals surface area contributed by atoms with E-state index >= 15 is 0 Å². The summed E-state index contributed by atoms with van der Waals surface area (Å²) >= 11 is 1.62. The average molecular weight is 249 g/mol. The van der Waals surface area contributed by atoms with Crippen LogP contribution in [0.3, 0.4) is 0 Å². The largest absolute Gasteiger partial charge is 0.481 e. The van der Waals surface area contributed by atoms with Crippen LogP contribution in [0.5, 0.6) is 5.88 Å². The molecule has 0 amide bonds. The van der Waals surface area contributed by atoms with Gasteiger partial charge in [-0.3, -0.25) is 0 Å². The third-order valence-electron chi connectivity index (χ3n) is 2.39. The molecule has 2 heterocycles. The maximum atomic E-state index is 5.19. The first-order valence-corrected chi connectivity index (χ1v) is 6.37. The number of hydrogen-bond donors (Lipinski definition) is 1. The Kier molecular flexibility index (Phi) is 3.93. The highest BCUT2D eigenvalue weighted by molar-refractivity contribution is 7.13. The Labute approximate surface area is 105 Å². The molecule has 0 aromatic carbocycles. The van der Waals surface area contributed by atoms with E-state index in [1.165, 1.54) is 0 Å². The highest BCUT2D eigenvalue weighted by Crippen LogP contribution is 2.19. The quantitative estimate of drug-likeness (QED) is 0.885. The second-order valence-electron chi connectivity index (χ2n) is 3.52. The van der Waals surface area contributed by atoms with Gasteiger partial charge in [-0.05, 0) is 12.5 Å². The molecule has 0 bridgehead atoms. The first-order valence-electron chi connectivity index (χ1n) is 5.49. The molecule has 0 unspecified atom stereocenters. The maximum Gasteiger partial charge on any atom is 0.218 e. The molecule has 0 saturated heterocycles. The number of aromatic nitrogens is 2. The van der Waals surface area contributed by atoms with E-state index in [0.717, 1.165) is 22.8 Å². The Morgan fingerprint density at radius 3 is 3.06 bits per heavy atom. The van der Waals surface area contributed by atoms with E-state index in [2.05, 4.69) is 27.6 Å². The number of aryl methyl sites for hydroxylation is 1. The van der Waals surface area contributed by atoms with Crippen LogP contribution in [0.4, 0.5) is 5.13 Å². The molecule has 17 heavy (non-hydrogen) atoms. The van der Waals surface area contributed by atoms with Crippen LogP contribution in [-0.2, 0) is 13.0 Å². The van der Waals surface area contributed by atoms with Crippen LogP contribution < -0.4 is 10.1 Å². The fourth-order valence-electron chi connectivity index (χ4n) is 1.46. The van der Waals surface area contributed by atoms with Crippen LogP contribution in [-0.4, -0.2) is 17.1 Å². The fourth-order valence-corrected chi connectivity index (χ4v) is 2.26. The van der Waals surface area contributed by atoms with Crippen molar-refractivity contribution in [1.82, 2.24) is 9.97 Å². The van der Waals surface area contributed by atoms with Gasteiger partial charge in [-0.1, -0.05) is 13.0 Å². The first-order chi connectivity index (χ1) is 8.33. The molecule has 2 rings (SSSR count). The molecule has 2 aromatic heterocycles. The molecule has 0 radical (unpaired) electrons. The van der Waals surface area contributed by atoms with Crippen molar-refractivity contribution in [3.05, 3.63) is 35.0 Å². The molecule has 0 aliphatic carbocycles. The Balaban J connectivity index is 2.01. The summed E-state index contributed by atoms with van der Waals surface area (Å²) < 4.78 is 5.19. The molecule has 0 saturated carbocycles. The molecule has 4 nitrogen and oxygen atoms in total.